The van der Waals surface area contributed by atoms with Crippen molar-refractivity contribution in [3.63, 3.8) is 0 Å². The molecule has 0 aliphatic heterocycles. The van der Waals surface area contributed by atoms with Gasteiger partial charge in [-0.2, -0.15) is 31.4 Å². The van der Waals surface area contributed by atoms with Crippen molar-refractivity contribution in [2.75, 3.05) is 0 Å². The van der Waals surface area contributed by atoms with Crippen LogP contribution >= 0.6 is 0 Å². The summed E-state index contributed by atoms with van der Waals surface area (Å²) in [5.74, 6) is -4.96. The first-order valence-electron chi connectivity index (χ1n) is 4.21. The predicted octanol–water partition coefficient (Wildman–Crippen LogP) is 2.58. The number of aromatic amines is 1. The first-order chi connectivity index (χ1) is 7.16. The number of hydrogen-bond donors (Lipinski definition) is 1. The van der Waals surface area contributed by atoms with Crippen LogP contribution in [0.15, 0.2) is 0 Å². The number of halogens is 6. The maximum Gasteiger partial charge on any atom is 0.407 e. The van der Waals surface area contributed by atoms with Crippen molar-refractivity contribution in [3.05, 3.63) is 11.6 Å². The molecule has 1 N–H and O–H groups in total. The van der Waals surface area contributed by atoms with Crippen LogP contribution in [-0.2, 0) is 6.42 Å². The molecule has 1 aromatic rings. The monoisotopic (exact) mass is 247 g/mol. The summed E-state index contributed by atoms with van der Waals surface area (Å²) in [5, 5.41) is 4.96. The molecule has 0 spiro atoms. The first-order valence-corrected chi connectivity index (χ1v) is 4.21. The maximum absolute atomic E-state index is 12.2. The molecule has 3 nitrogen and oxygen atoms in total. The minimum absolute atomic E-state index is 0.0199. The minimum atomic E-state index is -5.45. The number of hydrogen-bond acceptors (Lipinski definition) is 2. The minimum Gasteiger partial charge on any atom is -0.263 e. The molecule has 0 radical (unpaired) electrons. The van der Waals surface area contributed by atoms with Crippen LogP contribution < -0.4 is 0 Å². The molecule has 0 aromatic carbocycles. The summed E-state index contributed by atoms with van der Waals surface area (Å²) >= 11 is 0. The first kappa shape index (κ1) is 12.8. The Morgan fingerprint density at radius 1 is 1.12 bits per heavy atom. The molecule has 0 aliphatic carbocycles. The van der Waals surface area contributed by atoms with Gasteiger partial charge in [-0.3, -0.25) is 5.10 Å². The molecule has 1 heterocycles. The lowest BCUT2D eigenvalue weighted by Gasteiger charge is -2.19. The van der Waals surface area contributed by atoms with E-state index < -0.39 is 24.1 Å². The zero-order chi connectivity index (χ0) is 12.6. The van der Waals surface area contributed by atoms with Crippen molar-refractivity contribution in [1.29, 1.82) is 0 Å². The van der Waals surface area contributed by atoms with Gasteiger partial charge in [0.1, 0.15) is 5.82 Å². The quantitative estimate of drug-likeness (QED) is 0.816. The second kappa shape index (κ2) is 3.95. The van der Waals surface area contributed by atoms with E-state index in [1.165, 1.54) is 6.92 Å². The highest BCUT2D eigenvalue weighted by Gasteiger charge is 2.59. The Bertz CT molecular complexity index is 338. The molecular weight excluding hydrogens is 240 g/mol. The molecule has 0 bridgehead atoms. The number of aromatic nitrogens is 3. The smallest absolute Gasteiger partial charge is 0.263 e. The predicted molar refractivity (Wildman–Crippen MR) is 40.6 cm³/mol. The number of nitrogens with zero attached hydrogens (tertiary/aromatic N) is 2. The second-order valence-electron chi connectivity index (χ2n) is 3.01. The molecular formula is C7H7F6N3. The van der Waals surface area contributed by atoms with Crippen molar-refractivity contribution < 1.29 is 26.3 Å². The van der Waals surface area contributed by atoms with E-state index in [9.17, 15) is 26.3 Å². The van der Waals surface area contributed by atoms with Gasteiger partial charge in [0.15, 0.2) is 5.82 Å². The summed E-state index contributed by atoms with van der Waals surface area (Å²) in [6, 6.07) is 0. The lowest BCUT2D eigenvalue weighted by molar-refractivity contribution is -0.255. The van der Waals surface area contributed by atoms with Crippen molar-refractivity contribution in [3.8, 4) is 0 Å². The average molecular weight is 247 g/mol. The van der Waals surface area contributed by atoms with E-state index in [0.717, 1.165) is 0 Å². The fraction of sp³-hybridized carbons (Fsp3) is 0.714. The summed E-state index contributed by atoms with van der Waals surface area (Å²) in [7, 11) is 0. The summed E-state index contributed by atoms with van der Waals surface area (Å²) < 4.78 is 73.2. The van der Waals surface area contributed by atoms with Gasteiger partial charge in [0.05, 0.1) is 0 Å². The molecule has 9 heteroatoms. The Morgan fingerprint density at radius 2 is 1.62 bits per heavy atom. The van der Waals surface area contributed by atoms with Crippen molar-refractivity contribution in [2.24, 2.45) is 0 Å². The molecule has 0 saturated heterocycles. The number of alkyl halides is 6. The van der Waals surface area contributed by atoms with Gasteiger partial charge in [0, 0.05) is 6.42 Å². The molecule has 0 aliphatic rings. The third kappa shape index (κ3) is 2.64. The van der Waals surface area contributed by atoms with Gasteiger partial charge >= 0.3 is 12.4 Å². The van der Waals surface area contributed by atoms with Crippen LogP contribution in [-0.4, -0.2) is 27.5 Å². The molecule has 1 rings (SSSR count). The molecule has 0 amide bonds. The van der Waals surface area contributed by atoms with Gasteiger partial charge in [-0.05, 0) is 0 Å². The van der Waals surface area contributed by atoms with E-state index in [-0.39, 0.29) is 12.2 Å². The fourth-order valence-electron chi connectivity index (χ4n) is 1.08. The summed E-state index contributed by atoms with van der Waals surface area (Å²) in [5.41, 5.74) is 0. The highest BCUT2D eigenvalue weighted by Crippen LogP contribution is 2.44. The third-order valence-electron chi connectivity index (χ3n) is 1.80. The summed E-state index contributed by atoms with van der Waals surface area (Å²) in [6.45, 7) is 1.53. The van der Waals surface area contributed by atoms with E-state index in [2.05, 4.69) is 10.1 Å². The Hall–Kier alpha value is -1.28. The van der Waals surface area contributed by atoms with Crippen LogP contribution in [0.5, 0.6) is 0 Å². The van der Waals surface area contributed by atoms with Crippen molar-refractivity contribution >= 4 is 0 Å². The molecule has 0 fully saturated rings. The van der Waals surface area contributed by atoms with Gasteiger partial charge in [-0.15, -0.1) is 0 Å². The van der Waals surface area contributed by atoms with Crippen molar-refractivity contribution in [2.45, 2.75) is 31.6 Å². The Kier molecular flexibility index (Phi) is 3.15. The summed E-state index contributed by atoms with van der Waals surface area (Å²) in [4.78, 5) is 3.16. The SMILES string of the molecule is CCc1nc(C(C(F)(F)F)C(F)(F)F)n[nH]1. The van der Waals surface area contributed by atoms with Gasteiger partial charge < -0.3 is 0 Å². The maximum atomic E-state index is 12.2. The van der Waals surface area contributed by atoms with Crippen LogP contribution in [0.3, 0.4) is 0 Å². The van der Waals surface area contributed by atoms with Gasteiger partial charge in [-0.1, -0.05) is 6.92 Å². The molecule has 1 aromatic heterocycles. The van der Waals surface area contributed by atoms with E-state index in [1.807, 2.05) is 5.10 Å². The lowest BCUT2D eigenvalue weighted by atomic mass is 10.1. The molecule has 92 valence electrons. The van der Waals surface area contributed by atoms with E-state index in [0.29, 0.717) is 0 Å². The largest absolute Gasteiger partial charge is 0.407 e. The number of H-pyrrole nitrogens is 1. The van der Waals surface area contributed by atoms with Crippen LogP contribution in [0.2, 0.25) is 0 Å². The number of aryl methyl sites for hydroxylation is 1. The van der Waals surface area contributed by atoms with Gasteiger partial charge in [-0.25, -0.2) is 4.98 Å². The van der Waals surface area contributed by atoms with Crippen LogP contribution in [0.25, 0.3) is 0 Å². The second-order valence-corrected chi connectivity index (χ2v) is 3.01. The number of nitrogens with one attached hydrogen (secondary N) is 1. The Labute approximate surface area is 85.9 Å². The highest BCUT2D eigenvalue weighted by atomic mass is 19.4. The van der Waals surface area contributed by atoms with E-state index >= 15 is 0 Å². The number of rotatable bonds is 2. The van der Waals surface area contributed by atoms with E-state index in [1.54, 1.807) is 0 Å². The Balaban J connectivity index is 3.12. The fourth-order valence-corrected chi connectivity index (χ4v) is 1.08. The van der Waals surface area contributed by atoms with Crippen LogP contribution in [0, 0.1) is 0 Å². The van der Waals surface area contributed by atoms with Gasteiger partial charge in [0.2, 0.25) is 5.92 Å². The van der Waals surface area contributed by atoms with Crippen LogP contribution in [0.1, 0.15) is 24.5 Å². The zero-order valence-electron chi connectivity index (χ0n) is 7.95. The Morgan fingerprint density at radius 3 is 1.94 bits per heavy atom. The molecule has 0 atom stereocenters. The standard InChI is InChI=1S/C7H7F6N3/c1-2-3-14-5(16-15-3)4(6(8,9)10)7(11,12)13/h4H,2H2,1H3,(H,14,15,16). The summed E-state index contributed by atoms with van der Waals surface area (Å²) in [6.07, 6.45) is -10.7. The van der Waals surface area contributed by atoms with Gasteiger partial charge in [0.25, 0.3) is 0 Å². The zero-order valence-corrected chi connectivity index (χ0v) is 7.95. The topological polar surface area (TPSA) is 41.6 Å². The molecule has 0 unspecified atom stereocenters. The molecule has 0 saturated carbocycles. The van der Waals surface area contributed by atoms with Crippen molar-refractivity contribution in [1.82, 2.24) is 15.2 Å². The lowest BCUT2D eigenvalue weighted by Crippen LogP contribution is -2.35. The molecule has 16 heavy (non-hydrogen) atoms. The normalized spacial score (nSPS) is 13.5. The third-order valence-corrected chi connectivity index (χ3v) is 1.80. The average Bonchev–Trinajstić information content (AvgIpc) is 2.47. The van der Waals surface area contributed by atoms with E-state index in [4.69, 9.17) is 0 Å². The van der Waals surface area contributed by atoms with Crippen LogP contribution in [0.4, 0.5) is 26.3 Å². The highest BCUT2D eigenvalue weighted by molar-refractivity contribution is 5.04.